The Hall–Kier alpha value is -0.476. The third kappa shape index (κ3) is 3.35. The van der Waals surface area contributed by atoms with Gasteiger partial charge in [0.25, 0.3) is 0 Å². The summed E-state index contributed by atoms with van der Waals surface area (Å²) in [5, 5.41) is 0. The Bertz CT molecular complexity index is 329. The predicted octanol–water partition coefficient (Wildman–Crippen LogP) is 1.13. The van der Waals surface area contributed by atoms with Crippen molar-refractivity contribution in [3.8, 4) is 0 Å². The molecule has 0 aliphatic heterocycles. The van der Waals surface area contributed by atoms with Crippen LogP contribution in [0.4, 0.5) is 0 Å². The topological polar surface area (TPSA) is 25.8 Å². The Morgan fingerprint density at radius 3 is 1.64 bits per heavy atom. The SMILES string of the molecule is I.c1cc[c]([Ni][c]2ccccn2)nc1. The van der Waals surface area contributed by atoms with E-state index in [0.717, 1.165) is 9.33 Å². The summed E-state index contributed by atoms with van der Waals surface area (Å²) in [6, 6.07) is 11.7. The molecule has 4 heteroatoms. The summed E-state index contributed by atoms with van der Waals surface area (Å²) in [7, 11) is 0. The van der Waals surface area contributed by atoms with Crippen LogP contribution in [0.1, 0.15) is 0 Å². The Morgan fingerprint density at radius 1 is 0.786 bits per heavy atom. The predicted molar refractivity (Wildman–Crippen MR) is 63.2 cm³/mol. The Kier molecular flexibility index (Phi) is 5.05. The van der Waals surface area contributed by atoms with E-state index in [9.17, 15) is 0 Å². The van der Waals surface area contributed by atoms with Crippen molar-refractivity contribution < 1.29 is 14.4 Å². The molecule has 0 atom stereocenters. The monoisotopic (exact) mass is 342 g/mol. The van der Waals surface area contributed by atoms with Crippen LogP contribution in [0.15, 0.2) is 48.8 Å². The van der Waals surface area contributed by atoms with Gasteiger partial charge in [0.2, 0.25) is 0 Å². The van der Waals surface area contributed by atoms with Crippen molar-refractivity contribution in [2.75, 3.05) is 0 Å². The Morgan fingerprint density at radius 2 is 1.29 bits per heavy atom. The first-order valence-electron chi connectivity index (χ1n) is 3.86. The summed E-state index contributed by atoms with van der Waals surface area (Å²) < 4.78 is 1.99. The molecular formula is C10H9IN2Ni. The van der Waals surface area contributed by atoms with Crippen molar-refractivity contribution in [1.82, 2.24) is 9.97 Å². The number of rotatable bonds is 2. The van der Waals surface area contributed by atoms with Crippen LogP contribution in [0.5, 0.6) is 0 Å². The molecule has 0 aromatic carbocycles. The van der Waals surface area contributed by atoms with Crippen LogP contribution in [-0.4, -0.2) is 9.97 Å². The van der Waals surface area contributed by atoms with E-state index in [0.29, 0.717) is 0 Å². The van der Waals surface area contributed by atoms with Gasteiger partial charge < -0.3 is 0 Å². The van der Waals surface area contributed by atoms with Gasteiger partial charge in [0.05, 0.1) is 0 Å². The fraction of sp³-hybridized carbons (Fsp3) is 0. The average Bonchev–Trinajstić information content (AvgIpc) is 2.21. The molecule has 76 valence electrons. The number of hydrogen-bond acceptors (Lipinski definition) is 2. The van der Waals surface area contributed by atoms with Crippen LogP contribution in [0.25, 0.3) is 0 Å². The van der Waals surface area contributed by atoms with E-state index >= 15 is 0 Å². The van der Waals surface area contributed by atoms with E-state index in [1.54, 1.807) is 12.4 Å². The van der Waals surface area contributed by atoms with E-state index in [-0.39, 0.29) is 24.0 Å². The summed E-state index contributed by atoms with van der Waals surface area (Å²) >= 11 is 1.38. The fourth-order valence-electron chi connectivity index (χ4n) is 0.839. The summed E-state index contributed by atoms with van der Waals surface area (Å²) in [4.78, 5) is 8.41. The first-order chi connectivity index (χ1) is 6.45. The number of hydrogen-bond donors (Lipinski definition) is 0. The second kappa shape index (κ2) is 6.09. The molecule has 0 fully saturated rings. The van der Waals surface area contributed by atoms with E-state index in [2.05, 4.69) is 9.97 Å². The van der Waals surface area contributed by atoms with Crippen LogP contribution in [0, 0.1) is 0 Å². The summed E-state index contributed by atoms with van der Waals surface area (Å²) in [5.41, 5.74) is 0. The first kappa shape index (κ1) is 11.6. The molecule has 0 unspecified atom stereocenters. The maximum atomic E-state index is 4.21. The molecule has 0 saturated heterocycles. The summed E-state index contributed by atoms with van der Waals surface area (Å²) in [6.45, 7) is 0. The molecule has 14 heavy (non-hydrogen) atoms. The van der Waals surface area contributed by atoms with Crippen molar-refractivity contribution in [2.24, 2.45) is 0 Å². The number of nitrogens with zero attached hydrogens (tertiary/aromatic N) is 2. The molecule has 0 bridgehead atoms. The van der Waals surface area contributed by atoms with Gasteiger partial charge in [-0.2, -0.15) is 0 Å². The molecule has 0 radical (unpaired) electrons. The van der Waals surface area contributed by atoms with Gasteiger partial charge in [-0.3, -0.25) is 0 Å². The van der Waals surface area contributed by atoms with Crippen LogP contribution < -0.4 is 9.33 Å². The normalized spacial score (nSPS) is 9.43. The van der Waals surface area contributed by atoms with Gasteiger partial charge in [-0.15, -0.1) is 24.0 Å². The summed E-state index contributed by atoms with van der Waals surface area (Å²) in [6.07, 6.45) is 3.58. The molecule has 2 aromatic rings. The van der Waals surface area contributed by atoms with Gasteiger partial charge in [0.1, 0.15) is 0 Å². The zero-order valence-electron chi connectivity index (χ0n) is 7.24. The van der Waals surface area contributed by atoms with E-state index < -0.39 is 0 Å². The maximum absolute atomic E-state index is 4.21. The van der Waals surface area contributed by atoms with Crippen molar-refractivity contribution >= 4 is 33.3 Å². The third-order valence-electron chi connectivity index (χ3n) is 1.38. The zero-order chi connectivity index (χ0) is 8.93. The number of pyridine rings is 2. The molecular weight excluding hydrogens is 334 g/mol. The summed E-state index contributed by atoms with van der Waals surface area (Å²) in [5.74, 6) is 0. The zero-order valence-corrected chi connectivity index (χ0v) is 10.6. The van der Waals surface area contributed by atoms with E-state index in [1.165, 1.54) is 14.4 Å². The second-order valence-electron chi connectivity index (χ2n) is 2.32. The van der Waals surface area contributed by atoms with Crippen molar-refractivity contribution in [1.29, 1.82) is 0 Å². The molecule has 2 rings (SSSR count). The van der Waals surface area contributed by atoms with Crippen LogP contribution in [-0.2, 0) is 14.4 Å². The van der Waals surface area contributed by atoms with E-state index in [4.69, 9.17) is 0 Å². The van der Waals surface area contributed by atoms with Crippen LogP contribution >= 0.6 is 24.0 Å². The molecule has 0 aliphatic rings. The Labute approximate surface area is 106 Å². The quantitative estimate of drug-likeness (QED) is 0.604. The van der Waals surface area contributed by atoms with Gasteiger partial charge in [-0.1, -0.05) is 0 Å². The van der Waals surface area contributed by atoms with Gasteiger partial charge >= 0.3 is 82.5 Å². The van der Waals surface area contributed by atoms with Crippen LogP contribution in [0.3, 0.4) is 0 Å². The molecule has 2 heterocycles. The van der Waals surface area contributed by atoms with Crippen molar-refractivity contribution in [2.45, 2.75) is 0 Å². The molecule has 2 nitrogen and oxygen atoms in total. The molecule has 0 saturated carbocycles. The second-order valence-corrected chi connectivity index (χ2v) is 3.58. The van der Waals surface area contributed by atoms with Gasteiger partial charge in [0, 0.05) is 0 Å². The van der Waals surface area contributed by atoms with Crippen LogP contribution in [0.2, 0.25) is 0 Å². The number of aromatic nitrogens is 2. The molecule has 0 N–H and O–H groups in total. The fourth-order valence-corrected chi connectivity index (χ4v) is 1.73. The number of halogens is 1. The third-order valence-corrected chi connectivity index (χ3v) is 2.47. The minimum absolute atomic E-state index is 0. The van der Waals surface area contributed by atoms with Gasteiger partial charge in [-0.25, -0.2) is 0 Å². The van der Waals surface area contributed by atoms with E-state index in [1.807, 2.05) is 36.4 Å². The minimum atomic E-state index is 0. The average molecular weight is 343 g/mol. The van der Waals surface area contributed by atoms with Crippen molar-refractivity contribution in [3.05, 3.63) is 48.8 Å². The molecule has 0 amide bonds. The first-order valence-corrected chi connectivity index (χ1v) is 4.84. The molecule has 0 spiro atoms. The van der Waals surface area contributed by atoms with Gasteiger partial charge in [-0.05, 0) is 0 Å². The van der Waals surface area contributed by atoms with Crippen molar-refractivity contribution in [3.63, 3.8) is 0 Å². The molecule has 0 aliphatic carbocycles. The molecule has 2 aromatic heterocycles. The Balaban J connectivity index is 0.000000980. The van der Waals surface area contributed by atoms with Gasteiger partial charge in [0.15, 0.2) is 0 Å². The standard InChI is InChI=1S/2C5H4N.HI.Ni/c2*1-2-4-6-5-3-1;;/h2*1-4H;1H;.